The summed E-state index contributed by atoms with van der Waals surface area (Å²) in [6.45, 7) is 0. The maximum atomic E-state index is 13.4. The van der Waals surface area contributed by atoms with Crippen LogP contribution in [-0.2, 0) is 0 Å². The Kier molecular flexibility index (Phi) is 2.33. The van der Waals surface area contributed by atoms with E-state index in [-0.39, 0.29) is 16.1 Å². The summed E-state index contributed by atoms with van der Waals surface area (Å²) in [5.41, 5.74) is -0.707. The van der Waals surface area contributed by atoms with Crippen LogP contribution in [0.4, 0.5) is 4.39 Å². The van der Waals surface area contributed by atoms with Gasteiger partial charge in [-0.15, -0.1) is 0 Å². The van der Waals surface area contributed by atoms with Crippen LogP contribution in [0.25, 0.3) is 21.9 Å². The van der Waals surface area contributed by atoms with Crippen molar-refractivity contribution >= 4 is 39.5 Å². The summed E-state index contributed by atoms with van der Waals surface area (Å²) in [7, 11) is 0. The number of halogens is 2. The molecular formula is C11H5ClFN3O3. The van der Waals surface area contributed by atoms with E-state index < -0.39 is 22.9 Å². The molecule has 3 aromatic rings. The minimum Gasteiger partial charge on any atom is -0.477 e. The molecule has 0 aliphatic carbocycles. The molecule has 0 bridgehead atoms. The Bertz CT molecular complexity index is 899. The Hall–Kier alpha value is -2.41. The molecule has 0 saturated carbocycles. The molecule has 8 heteroatoms. The molecule has 0 radical (unpaired) electrons. The molecule has 3 rings (SSSR count). The van der Waals surface area contributed by atoms with Crippen molar-refractivity contribution in [2.75, 3.05) is 0 Å². The first-order valence-electron chi connectivity index (χ1n) is 5.11. The van der Waals surface area contributed by atoms with Crippen LogP contribution in [0.2, 0.25) is 5.02 Å². The smallest absolute Gasteiger partial charge is 0.343 e. The summed E-state index contributed by atoms with van der Waals surface area (Å²) in [4.78, 5) is 25.3. The van der Waals surface area contributed by atoms with Crippen molar-refractivity contribution in [2.45, 2.75) is 0 Å². The SMILES string of the molecule is O=C(O)c1c(=O)[nH]nc2c1[nH]c1cc(Cl)c(F)cc12. The average Bonchev–Trinajstić information content (AvgIpc) is 2.66. The van der Waals surface area contributed by atoms with E-state index in [1.54, 1.807) is 0 Å². The molecule has 2 heterocycles. The summed E-state index contributed by atoms with van der Waals surface area (Å²) < 4.78 is 13.4. The first-order chi connectivity index (χ1) is 8.99. The van der Waals surface area contributed by atoms with Crippen molar-refractivity contribution < 1.29 is 14.3 Å². The number of rotatable bonds is 1. The lowest BCUT2D eigenvalue weighted by Crippen LogP contribution is -2.19. The first-order valence-corrected chi connectivity index (χ1v) is 5.49. The van der Waals surface area contributed by atoms with Crippen LogP contribution in [0.5, 0.6) is 0 Å². The number of aromatic nitrogens is 3. The monoisotopic (exact) mass is 281 g/mol. The number of H-pyrrole nitrogens is 2. The van der Waals surface area contributed by atoms with E-state index in [0.29, 0.717) is 10.9 Å². The highest BCUT2D eigenvalue weighted by Gasteiger charge is 2.19. The van der Waals surface area contributed by atoms with Gasteiger partial charge >= 0.3 is 5.97 Å². The Morgan fingerprint density at radius 1 is 1.42 bits per heavy atom. The number of nitrogens with zero attached hydrogens (tertiary/aromatic N) is 1. The lowest BCUT2D eigenvalue weighted by Gasteiger charge is -1.95. The molecule has 1 aromatic carbocycles. The number of nitrogens with one attached hydrogen (secondary N) is 2. The minimum absolute atomic E-state index is 0.0351. The molecule has 0 aliphatic heterocycles. The third-order valence-corrected chi connectivity index (χ3v) is 3.06. The Morgan fingerprint density at radius 2 is 2.16 bits per heavy atom. The largest absolute Gasteiger partial charge is 0.477 e. The van der Waals surface area contributed by atoms with Gasteiger partial charge in [-0.1, -0.05) is 11.6 Å². The minimum atomic E-state index is -1.40. The van der Waals surface area contributed by atoms with Gasteiger partial charge in [0.2, 0.25) is 0 Å². The van der Waals surface area contributed by atoms with Gasteiger partial charge in [-0.05, 0) is 12.1 Å². The maximum Gasteiger partial charge on any atom is 0.343 e. The van der Waals surface area contributed by atoms with Gasteiger partial charge in [0.05, 0.1) is 10.5 Å². The van der Waals surface area contributed by atoms with Crippen molar-refractivity contribution in [3.05, 3.63) is 38.9 Å². The van der Waals surface area contributed by atoms with Crippen LogP contribution in [-0.4, -0.2) is 26.3 Å². The van der Waals surface area contributed by atoms with Crippen molar-refractivity contribution in [3.8, 4) is 0 Å². The summed E-state index contributed by atoms with van der Waals surface area (Å²) in [5.74, 6) is -2.05. The number of hydrogen-bond acceptors (Lipinski definition) is 3. The van der Waals surface area contributed by atoms with Gasteiger partial charge in [-0.2, -0.15) is 5.10 Å². The second kappa shape index (κ2) is 3.79. The maximum absolute atomic E-state index is 13.4. The lowest BCUT2D eigenvalue weighted by molar-refractivity contribution is 0.0697. The standard InChI is InChI=1S/C11H5ClFN3O3/c12-4-2-6-3(1-5(4)13)8-9(14-6)7(11(18)19)10(17)16-15-8/h1-2,14H,(H,16,17)(H,18,19). The fraction of sp³-hybridized carbons (Fsp3) is 0. The third-order valence-electron chi connectivity index (χ3n) is 2.77. The number of fused-ring (bicyclic) bond motifs is 3. The van der Waals surface area contributed by atoms with Crippen LogP contribution in [0, 0.1) is 5.82 Å². The Labute approximate surface area is 108 Å². The van der Waals surface area contributed by atoms with Crippen molar-refractivity contribution in [1.82, 2.24) is 15.2 Å². The number of carbonyl (C=O) groups is 1. The summed E-state index contributed by atoms with van der Waals surface area (Å²) in [5, 5.41) is 15.1. The van der Waals surface area contributed by atoms with Gasteiger partial charge in [-0.25, -0.2) is 14.3 Å². The van der Waals surface area contributed by atoms with Gasteiger partial charge < -0.3 is 10.1 Å². The normalized spacial score (nSPS) is 11.3. The van der Waals surface area contributed by atoms with E-state index in [9.17, 15) is 14.0 Å². The lowest BCUT2D eigenvalue weighted by atomic mass is 10.2. The molecule has 0 spiro atoms. The molecule has 19 heavy (non-hydrogen) atoms. The number of carboxylic acid groups (broad SMARTS) is 1. The quantitative estimate of drug-likeness (QED) is 0.634. The number of benzene rings is 1. The molecule has 0 amide bonds. The van der Waals surface area contributed by atoms with Crippen LogP contribution in [0.15, 0.2) is 16.9 Å². The average molecular weight is 282 g/mol. The van der Waals surface area contributed by atoms with E-state index in [1.807, 2.05) is 0 Å². The fourth-order valence-corrected chi connectivity index (χ4v) is 2.12. The molecule has 2 aromatic heterocycles. The summed E-state index contributed by atoms with van der Waals surface area (Å²) in [6.07, 6.45) is 0. The predicted molar refractivity (Wildman–Crippen MR) is 66.1 cm³/mol. The van der Waals surface area contributed by atoms with Gasteiger partial charge in [0, 0.05) is 10.9 Å². The van der Waals surface area contributed by atoms with Gasteiger partial charge in [0.25, 0.3) is 5.56 Å². The molecule has 0 atom stereocenters. The van der Waals surface area contributed by atoms with E-state index in [0.717, 1.165) is 6.07 Å². The molecule has 0 saturated heterocycles. The zero-order valence-corrected chi connectivity index (χ0v) is 9.88. The van der Waals surface area contributed by atoms with Gasteiger partial charge in [0.15, 0.2) is 5.56 Å². The molecule has 0 unspecified atom stereocenters. The highest BCUT2D eigenvalue weighted by molar-refractivity contribution is 6.31. The van der Waals surface area contributed by atoms with Crippen LogP contribution >= 0.6 is 11.6 Å². The second-order valence-electron chi connectivity index (χ2n) is 3.89. The topological polar surface area (TPSA) is 98.8 Å². The van der Waals surface area contributed by atoms with Gasteiger partial charge in [-0.3, -0.25) is 4.79 Å². The zero-order chi connectivity index (χ0) is 13.7. The molecule has 3 N–H and O–H groups in total. The summed E-state index contributed by atoms with van der Waals surface area (Å²) >= 11 is 5.65. The Balaban J connectivity index is 2.57. The first kappa shape index (κ1) is 11.7. The van der Waals surface area contributed by atoms with Crippen molar-refractivity contribution in [1.29, 1.82) is 0 Å². The number of hydrogen-bond donors (Lipinski definition) is 3. The fourth-order valence-electron chi connectivity index (χ4n) is 1.95. The summed E-state index contributed by atoms with van der Waals surface area (Å²) in [6, 6.07) is 2.44. The zero-order valence-electron chi connectivity index (χ0n) is 9.12. The molecule has 6 nitrogen and oxygen atoms in total. The highest BCUT2D eigenvalue weighted by Crippen LogP contribution is 2.28. The molecule has 0 aliphatic rings. The van der Waals surface area contributed by atoms with E-state index in [1.165, 1.54) is 6.07 Å². The number of carboxylic acids is 1. The van der Waals surface area contributed by atoms with E-state index >= 15 is 0 Å². The van der Waals surface area contributed by atoms with E-state index in [2.05, 4.69) is 15.2 Å². The molecule has 0 fully saturated rings. The predicted octanol–water partition coefficient (Wildman–Crippen LogP) is 1.90. The van der Waals surface area contributed by atoms with Crippen molar-refractivity contribution in [3.63, 3.8) is 0 Å². The second-order valence-corrected chi connectivity index (χ2v) is 4.30. The van der Waals surface area contributed by atoms with Crippen LogP contribution in [0.1, 0.15) is 10.4 Å². The third kappa shape index (κ3) is 1.59. The van der Waals surface area contributed by atoms with Crippen LogP contribution < -0.4 is 5.56 Å². The molecule has 96 valence electrons. The van der Waals surface area contributed by atoms with Crippen molar-refractivity contribution in [2.24, 2.45) is 0 Å². The molecular weight excluding hydrogens is 277 g/mol. The van der Waals surface area contributed by atoms with Gasteiger partial charge in [0.1, 0.15) is 11.3 Å². The number of aromatic carboxylic acids is 1. The van der Waals surface area contributed by atoms with E-state index in [4.69, 9.17) is 16.7 Å². The highest BCUT2D eigenvalue weighted by atomic mass is 35.5. The van der Waals surface area contributed by atoms with Crippen LogP contribution in [0.3, 0.4) is 0 Å². The number of aromatic amines is 2. The Morgan fingerprint density at radius 3 is 2.84 bits per heavy atom.